The summed E-state index contributed by atoms with van der Waals surface area (Å²) in [6.45, 7) is 8.28. The molecule has 3 heteroatoms. The Balaban J connectivity index is 2.48. The maximum atomic E-state index is 13.7. The fourth-order valence-corrected chi connectivity index (χ4v) is 1.64. The summed E-state index contributed by atoms with van der Waals surface area (Å²) < 4.78 is 19.0. The van der Waals surface area contributed by atoms with Crippen LogP contribution in [0.3, 0.4) is 0 Å². The van der Waals surface area contributed by atoms with Gasteiger partial charge in [0.25, 0.3) is 0 Å². The SMILES string of the molecule is CCC1(F)CCN(C(C)C)CCO1. The summed E-state index contributed by atoms with van der Waals surface area (Å²) in [4.78, 5) is 2.26. The fraction of sp³-hybridized carbons (Fsp3) is 1.00. The van der Waals surface area contributed by atoms with Gasteiger partial charge < -0.3 is 4.74 Å². The highest BCUT2D eigenvalue weighted by atomic mass is 19.2. The highest BCUT2D eigenvalue weighted by Crippen LogP contribution is 2.25. The summed E-state index contributed by atoms with van der Waals surface area (Å²) in [6.07, 6.45) is 0.959. The van der Waals surface area contributed by atoms with Crippen LogP contribution in [-0.2, 0) is 4.74 Å². The molecule has 0 spiro atoms. The Morgan fingerprint density at radius 3 is 2.69 bits per heavy atom. The van der Waals surface area contributed by atoms with Crippen LogP contribution in [0.25, 0.3) is 0 Å². The van der Waals surface area contributed by atoms with Crippen LogP contribution in [0.1, 0.15) is 33.6 Å². The summed E-state index contributed by atoms with van der Waals surface area (Å²) in [5.41, 5.74) is 0. The number of hydrogen-bond donors (Lipinski definition) is 0. The lowest BCUT2D eigenvalue weighted by atomic mass is 10.1. The molecular formula is C10H20FNO. The number of rotatable bonds is 2. The second kappa shape index (κ2) is 4.38. The molecule has 1 atom stereocenters. The van der Waals surface area contributed by atoms with Crippen molar-refractivity contribution >= 4 is 0 Å². The van der Waals surface area contributed by atoms with E-state index in [9.17, 15) is 4.39 Å². The summed E-state index contributed by atoms with van der Waals surface area (Å²) in [5, 5.41) is 0. The van der Waals surface area contributed by atoms with Crippen LogP contribution < -0.4 is 0 Å². The summed E-state index contributed by atoms with van der Waals surface area (Å²) in [5.74, 6) is -1.37. The van der Waals surface area contributed by atoms with Gasteiger partial charge in [0, 0.05) is 32.0 Å². The summed E-state index contributed by atoms with van der Waals surface area (Å²) >= 11 is 0. The van der Waals surface area contributed by atoms with Crippen molar-refractivity contribution in [3.05, 3.63) is 0 Å². The molecule has 0 aromatic heterocycles. The van der Waals surface area contributed by atoms with E-state index >= 15 is 0 Å². The Bertz CT molecular complexity index is 163. The lowest BCUT2D eigenvalue weighted by Gasteiger charge is -2.24. The normalized spacial score (nSPS) is 32.1. The quantitative estimate of drug-likeness (QED) is 0.660. The number of hydrogen-bond acceptors (Lipinski definition) is 2. The van der Waals surface area contributed by atoms with Gasteiger partial charge in [0.2, 0.25) is 5.85 Å². The van der Waals surface area contributed by atoms with Gasteiger partial charge in [-0.3, -0.25) is 4.90 Å². The average Bonchev–Trinajstić information content (AvgIpc) is 2.28. The van der Waals surface area contributed by atoms with E-state index in [4.69, 9.17) is 4.74 Å². The lowest BCUT2D eigenvalue weighted by Crippen LogP contribution is -2.33. The van der Waals surface area contributed by atoms with Crippen LogP contribution in [0.5, 0.6) is 0 Å². The minimum absolute atomic E-state index is 0.457. The molecule has 0 bridgehead atoms. The predicted molar refractivity (Wildman–Crippen MR) is 51.4 cm³/mol. The number of halogens is 1. The number of nitrogens with zero attached hydrogens (tertiary/aromatic N) is 1. The highest BCUT2D eigenvalue weighted by molar-refractivity contribution is 4.75. The molecule has 0 saturated carbocycles. The molecule has 0 aromatic rings. The second-order valence-corrected chi connectivity index (χ2v) is 3.96. The second-order valence-electron chi connectivity index (χ2n) is 3.96. The minimum Gasteiger partial charge on any atom is -0.344 e. The van der Waals surface area contributed by atoms with Gasteiger partial charge >= 0.3 is 0 Å². The zero-order valence-corrected chi connectivity index (χ0v) is 8.85. The molecule has 0 aromatic carbocycles. The molecule has 1 fully saturated rings. The van der Waals surface area contributed by atoms with E-state index in [2.05, 4.69) is 18.7 Å². The van der Waals surface area contributed by atoms with Gasteiger partial charge in [0.1, 0.15) is 0 Å². The molecule has 1 unspecified atom stereocenters. The maximum absolute atomic E-state index is 13.7. The standard InChI is InChI=1S/C10H20FNO/c1-4-10(11)5-6-12(9(2)3)7-8-13-10/h9H,4-8H2,1-3H3. The van der Waals surface area contributed by atoms with Gasteiger partial charge in [0.15, 0.2) is 0 Å². The van der Waals surface area contributed by atoms with Gasteiger partial charge in [-0.2, -0.15) is 0 Å². The number of ether oxygens (including phenoxy) is 1. The molecule has 1 aliphatic rings. The van der Waals surface area contributed by atoms with Gasteiger partial charge in [0.05, 0.1) is 6.61 Å². The third kappa shape index (κ3) is 2.92. The Kier molecular flexibility index (Phi) is 3.68. The molecule has 13 heavy (non-hydrogen) atoms. The van der Waals surface area contributed by atoms with E-state index in [1.165, 1.54) is 0 Å². The van der Waals surface area contributed by atoms with Crippen LogP contribution in [0.4, 0.5) is 4.39 Å². The number of alkyl halides is 1. The van der Waals surface area contributed by atoms with Gasteiger partial charge in [-0.1, -0.05) is 6.92 Å². The highest BCUT2D eigenvalue weighted by Gasteiger charge is 2.31. The first-order chi connectivity index (χ1) is 6.07. The average molecular weight is 189 g/mol. The molecule has 1 saturated heterocycles. The van der Waals surface area contributed by atoms with E-state index in [-0.39, 0.29) is 0 Å². The van der Waals surface area contributed by atoms with Crippen molar-refractivity contribution in [3.63, 3.8) is 0 Å². The Morgan fingerprint density at radius 2 is 2.15 bits per heavy atom. The zero-order chi connectivity index (χ0) is 9.90. The fourth-order valence-electron chi connectivity index (χ4n) is 1.64. The van der Waals surface area contributed by atoms with Gasteiger partial charge in [-0.25, -0.2) is 4.39 Å². The first-order valence-electron chi connectivity index (χ1n) is 5.14. The van der Waals surface area contributed by atoms with Gasteiger partial charge in [-0.05, 0) is 13.8 Å². The third-order valence-electron chi connectivity index (χ3n) is 2.77. The van der Waals surface area contributed by atoms with Crippen molar-refractivity contribution in [2.75, 3.05) is 19.7 Å². The predicted octanol–water partition coefficient (Wildman–Crippen LogP) is 2.19. The van der Waals surface area contributed by atoms with Crippen molar-refractivity contribution in [2.45, 2.75) is 45.5 Å². The molecule has 1 heterocycles. The molecule has 2 nitrogen and oxygen atoms in total. The summed E-state index contributed by atoms with van der Waals surface area (Å²) in [7, 11) is 0. The minimum atomic E-state index is -1.37. The van der Waals surface area contributed by atoms with Gasteiger partial charge in [-0.15, -0.1) is 0 Å². The van der Waals surface area contributed by atoms with E-state index in [1.54, 1.807) is 0 Å². The monoisotopic (exact) mass is 189 g/mol. The Morgan fingerprint density at radius 1 is 1.46 bits per heavy atom. The Labute approximate surface area is 80.1 Å². The molecule has 0 N–H and O–H groups in total. The van der Waals surface area contributed by atoms with Crippen molar-refractivity contribution in [3.8, 4) is 0 Å². The van der Waals surface area contributed by atoms with E-state index in [0.717, 1.165) is 13.1 Å². The van der Waals surface area contributed by atoms with Crippen molar-refractivity contribution in [2.24, 2.45) is 0 Å². The molecule has 0 radical (unpaired) electrons. The smallest absolute Gasteiger partial charge is 0.210 e. The molecular weight excluding hydrogens is 169 g/mol. The van der Waals surface area contributed by atoms with Crippen molar-refractivity contribution in [1.29, 1.82) is 0 Å². The lowest BCUT2D eigenvalue weighted by molar-refractivity contribution is -0.141. The molecule has 1 aliphatic heterocycles. The largest absolute Gasteiger partial charge is 0.344 e. The van der Waals surface area contributed by atoms with Crippen molar-refractivity contribution in [1.82, 2.24) is 4.90 Å². The molecule has 0 amide bonds. The topological polar surface area (TPSA) is 12.5 Å². The van der Waals surface area contributed by atoms with E-state index in [1.807, 2.05) is 6.92 Å². The van der Waals surface area contributed by atoms with Crippen LogP contribution in [0.15, 0.2) is 0 Å². The van der Waals surface area contributed by atoms with Crippen LogP contribution >= 0.6 is 0 Å². The molecule has 78 valence electrons. The summed E-state index contributed by atoms with van der Waals surface area (Å²) in [6, 6.07) is 0.489. The molecule has 0 aliphatic carbocycles. The first kappa shape index (κ1) is 10.9. The maximum Gasteiger partial charge on any atom is 0.210 e. The Hall–Kier alpha value is -0.150. The van der Waals surface area contributed by atoms with Crippen LogP contribution in [-0.4, -0.2) is 36.5 Å². The third-order valence-corrected chi connectivity index (χ3v) is 2.77. The van der Waals surface area contributed by atoms with Crippen LogP contribution in [0.2, 0.25) is 0 Å². The molecule has 1 rings (SSSR count). The van der Waals surface area contributed by atoms with Crippen molar-refractivity contribution < 1.29 is 9.13 Å². The van der Waals surface area contributed by atoms with Crippen LogP contribution in [0, 0.1) is 0 Å². The van der Waals surface area contributed by atoms with E-state index < -0.39 is 5.85 Å². The first-order valence-corrected chi connectivity index (χ1v) is 5.14. The zero-order valence-electron chi connectivity index (χ0n) is 8.85. The van der Waals surface area contributed by atoms with E-state index in [0.29, 0.717) is 25.5 Å².